The zero-order chi connectivity index (χ0) is 19.6. The van der Waals surface area contributed by atoms with Crippen LogP contribution in [0.15, 0.2) is 18.2 Å². The molecule has 2 heterocycles. The molecule has 0 aliphatic carbocycles. The summed E-state index contributed by atoms with van der Waals surface area (Å²) in [5, 5.41) is 31.1. The predicted octanol–water partition coefficient (Wildman–Crippen LogP) is 1.13. The van der Waals surface area contributed by atoms with E-state index in [0.717, 1.165) is 5.56 Å². The Morgan fingerprint density at radius 2 is 2.04 bits per heavy atom. The molecule has 0 aliphatic rings. The zero-order valence-corrected chi connectivity index (χ0v) is 14.0. The third-order valence-corrected chi connectivity index (χ3v) is 3.69. The van der Waals surface area contributed by atoms with Crippen molar-refractivity contribution in [3.8, 4) is 23.9 Å². The third kappa shape index (κ3) is 2.97. The van der Waals surface area contributed by atoms with Gasteiger partial charge in [0.1, 0.15) is 29.2 Å². The molecule has 0 atom stereocenters. The van der Waals surface area contributed by atoms with Crippen LogP contribution in [0.1, 0.15) is 27.4 Å². The van der Waals surface area contributed by atoms with Gasteiger partial charge in [-0.3, -0.25) is 0 Å². The van der Waals surface area contributed by atoms with E-state index in [4.69, 9.17) is 21.0 Å². The van der Waals surface area contributed by atoms with E-state index in [2.05, 4.69) is 15.1 Å². The Labute approximate surface area is 152 Å². The molecule has 3 aromatic rings. The van der Waals surface area contributed by atoms with Crippen LogP contribution in [-0.4, -0.2) is 32.3 Å². The smallest absolute Gasteiger partial charge is 0.339 e. The third-order valence-electron chi connectivity index (χ3n) is 3.69. The van der Waals surface area contributed by atoms with Crippen LogP contribution in [0.4, 0.5) is 5.82 Å². The molecule has 0 spiro atoms. The number of aryl methyl sites for hydroxylation is 1. The standard InChI is InChI=1S/C17H10N8O2/c1-9-2-3-10(17(26)27-5-4-18)6-12(9)25-15-14(11(7-19)24-25)22-13(8-20)23-16(15)21/h2-3,6H,5H2,1H3,(H2,21,22,23). The van der Waals surface area contributed by atoms with Crippen LogP contribution >= 0.6 is 0 Å². The molecule has 3 rings (SSSR count). The van der Waals surface area contributed by atoms with Crippen molar-refractivity contribution in [2.24, 2.45) is 0 Å². The number of nitrogen functional groups attached to an aromatic ring is 1. The number of ether oxygens (including phenoxy) is 1. The van der Waals surface area contributed by atoms with Gasteiger partial charge in [0.15, 0.2) is 18.1 Å². The topological polar surface area (TPSA) is 167 Å². The lowest BCUT2D eigenvalue weighted by atomic mass is 10.1. The molecular formula is C17H10N8O2. The highest BCUT2D eigenvalue weighted by atomic mass is 16.5. The predicted molar refractivity (Wildman–Crippen MR) is 91.1 cm³/mol. The highest BCUT2D eigenvalue weighted by molar-refractivity contribution is 5.92. The Bertz CT molecular complexity index is 1210. The molecule has 0 radical (unpaired) electrons. The molecule has 2 aromatic heterocycles. The van der Waals surface area contributed by atoms with Crippen LogP contribution in [-0.2, 0) is 4.74 Å². The average Bonchev–Trinajstić information content (AvgIpc) is 3.05. The molecular weight excluding hydrogens is 348 g/mol. The van der Waals surface area contributed by atoms with Crippen LogP contribution in [0.3, 0.4) is 0 Å². The van der Waals surface area contributed by atoms with E-state index in [1.165, 1.54) is 10.7 Å². The minimum atomic E-state index is -0.675. The lowest BCUT2D eigenvalue weighted by Gasteiger charge is -2.10. The average molecular weight is 358 g/mol. The summed E-state index contributed by atoms with van der Waals surface area (Å²) < 4.78 is 6.16. The molecule has 130 valence electrons. The number of esters is 1. The Hall–Kier alpha value is -4.49. The number of hydrogen-bond donors (Lipinski definition) is 1. The molecule has 0 aliphatic heterocycles. The van der Waals surface area contributed by atoms with Crippen molar-refractivity contribution in [1.82, 2.24) is 19.7 Å². The van der Waals surface area contributed by atoms with Gasteiger partial charge in [0.05, 0.1) is 11.3 Å². The Kier molecular flexibility index (Phi) is 4.36. The van der Waals surface area contributed by atoms with E-state index in [0.29, 0.717) is 5.69 Å². The van der Waals surface area contributed by atoms with Gasteiger partial charge in [0.2, 0.25) is 5.82 Å². The molecule has 0 bridgehead atoms. The van der Waals surface area contributed by atoms with Crippen LogP contribution in [0.2, 0.25) is 0 Å². The van der Waals surface area contributed by atoms with Crippen molar-refractivity contribution in [2.45, 2.75) is 6.92 Å². The fourth-order valence-corrected chi connectivity index (χ4v) is 2.49. The second kappa shape index (κ2) is 6.79. The van der Waals surface area contributed by atoms with Gasteiger partial charge in [-0.15, -0.1) is 0 Å². The lowest BCUT2D eigenvalue weighted by Crippen LogP contribution is -2.09. The molecule has 1 aromatic carbocycles. The molecule has 0 saturated heterocycles. The fraction of sp³-hybridized carbons (Fsp3) is 0.118. The Balaban J connectivity index is 2.25. The number of nitrogens with zero attached hydrogens (tertiary/aromatic N) is 7. The molecule has 2 N–H and O–H groups in total. The van der Waals surface area contributed by atoms with E-state index in [1.54, 1.807) is 31.2 Å². The maximum atomic E-state index is 12.0. The first-order chi connectivity index (χ1) is 13.0. The second-order valence-electron chi connectivity index (χ2n) is 5.35. The Morgan fingerprint density at radius 1 is 1.26 bits per heavy atom. The largest absolute Gasteiger partial charge is 0.447 e. The van der Waals surface area contributed by atoms with Gasteiger partial charge >= 0.3 is 5.97 Å². The highest BCUT2D eigenvalue weighted by Crippen LogP contribution is 2.26. The number of nitriles is 3. The SMILES string of the molecule is Cc1ccc(C(=O)OCC#N)cc1-n1nc(C#N)c2nc(C#N)nc(N)c21. The van der Waals surface area contributed by atoms with Crippen molar-refractivity contribution < 1.29 is 9.53 Å². The van der Waals surface area contributed by atoms with Crippen molar-refractivity contribution in [1.29, 1.82) is 15.8 Å². The van der Waals surface area contributed by atoms with Crippen LogP contribution < -0.4 is 5.73 Å². The normalized spacial score (nSPS) is 10.0. The van der Waals surface area contributed by atoms with E-state index < -0.39 is 5.97 Å². The number of nitrogens with two attached hydrogens (primary N) is 1. The van der Waals surface area contributed by atoms with Crippen molar-refractivity contribution in [3.05, 3.63) is 40.8 Å². The molecule has 0 fully saturated rings. The quantitative estimate of drug-likeness (QED) is 0.674. The van der Waals surface area contributed by atoms with Gasteiger partial charge < -0.3 is 10.5 Å². The Morgan fingerprint density at radius 3 is 2.70 bits per heavy atom. The second-order valence-corrected chi connectivity index (χ2v) is 5.35. The first kappa shape index (κ1) is 17.3. The van der Waals surface area contributed by atoms with E-state index >= 15 is 0 Å². The number of rotatable bonds is 3. The maximum absolute atomic E-state index is 12.0. The van der Waals surface area contributed by atoms with E-state index in [-0.39, 0.29) is 40.5 Å². The molecule has 0 saturated carbocycles. The number of carbonyl (C=O) groups excluding carboxylic acids is 1. The summed E-state index contributed by atoms with van der Waals surface area (Å²) in [6.07, 6.45) is 0. The van der Waals surface area contributed by atoms with Gasteiger partial charge in [0.25, 0.3) is 0 Å². The first-order valence-corrected chi connectivity index (χ1v) is 7.51. The van der Waals surface area contributed by atoms with Gasteiger partial charge in [-0.2, -0.15) is 25.9 Å². The minimum absolute atomic E-state index is 0.0255. The van der Waals surface area contributed by atoms with Gasteiger partial charge in [-0.05, 0) is 24.6 Å². The van der Waals surface area contributed by atoms with Gasteiger partial charge in [-0.1, -0.05) is 6.07 Å². The summed E-state index contributed by atoms with van der Waals surface area (Å²) >= 11 is 0. The molecule has 0 amide bonds. The highest BCUT2D eigenvalue weighted by Gasteiger charge is 2.20. The van der Waals surface area contributed by atoms with E-state index in [1.807, 2.05) is 6.07 Å². The first-order valence-electron chi connectivity index (χ1n) is 7.51. The van der Waals surface area contributed by atoms with Crippen LogP contribution in [0.25, 0.3) is 16.7 Å². The summed E-state index contributed by atoms with van der Waals surface area (Å²) in [6, 6.07) is 10.1. The zero-order valence-electron chi connectivity index (χ0n) is 14.0. The van der Waals surface area contributed by atoms with Crippen molar-refractivity contribution >= 4 is 22.8 Å². The van der Waals surface area contributed by atoms with E-state index in [9.17, 15) is 10.1 Å². The number of fused-ring (bicyclic) bond motifs is 1. The molecule has 0 unspecified atom stereocenters. The van der Waals surface area contributed by atoms with Crippen molar-refractivity contribution in [2.75, 3.05) is 12.3 Å². The van der Waals surface area contributed by atoms with Gasteiger partial charge in [-0.25, -0.2) is 14.5 Å². The molecule has 27 heavy (non-hydrogen) atoms. The van der Waals surface area contributed by atoms with Crippen LogP contribution in [0, 0.1) is 40.9 Å². The lowest BCUT2D eigenvalue weighted by molar-refractivity contribution is 0.0555. The van der Waals surface area contributed by atoms with Crippen LogP contribution in [0.5, 0.6) is 0 Å². The summed E-state index contributed by atoms with van der Waals surface area (Å²) in [7, 11) is 0. The minimum Gasteiger partial charge on any atom is -0.447 e. The molecule has 10 heteroatoms. The monoisotopic (exact) mass is 358 g/mol. The number of hydrogen-bond acceptors (Lipinski definition) is 9. The molecule has 10 nitrogen and oxygen atoms in total. The number of anilines is 1. The number of aromatic nitrogens is 4. The van der Waals surface area contributed by atoms with Gasteiger partial charge in [0, 0.05) is 0 Å². The summed E-state index contributed by atoms with van der Waals surface area (Å²) in [6.45, 7) is 1.41. The maximum Gasteiger partial charge on any atom is 0.339 e. The number of carbonyl (C=O) groups is 1. The fourth-order valence-electron chi connectivity index (χ4n) is 2.49. The number of benzene rings is 1. The van der Waals surface area contributed by atoms with Crippen molar-refractivity contribution in [3.63, 3.8) is 0 Å². The summed E-state index contributed by atoms with van der Waals surface area (Å²) in [5.41, 5.74) is 7.68. The summed E-state index contributed by atoms with van der Waals surface area (Å²) in [5.74, 6) is -0.880. The summed E-state index contributed by atoms with van der Waals surface area (Å²) in [4.78, 5) is 19.9.